The molecule has 0 radical (unpaired) electrons. The second-order valence-corrected chi connectivity index (χ2v) is 7.64. The van der Waals surface area contributed by atoms with Gasteiger partial charge in [-0.25, -0.2) is 0 Å². The molecule has 0 saturated heterocycles. The van der Waals surface area contributed by atoms with E-state index in [-0.39, 0.29) is 19.0 Å². The van der Waals surface area contributed by atoms with E-state index in [1.54, 1.807) is 6.92 Å². The Balaban J connectivity index is 1.80. The van der Waals surface area contributed by atoms with E-state index >= 15 is 0 Å². The van der Waals surface area contributed by atoms with Gasteiger partial charge in [-0.05, 0) is 55.9 Å². The SMILES string of the molecule is Cc1cccc(CCCC(=O)c2ccc(COCC(C)(N)CO)cc2)c1C. The zero-order valence-electron chi connectivity index (χ0n) is 16.6. The topological polar surface area (TPSA) is 72.5 Å². The van der Waals surface area contributed by atoms with Crippen molar-refractivity contribution >= 4 is 5.78 Å². The Morgan fingerprint density at radius 1 is 1.15 bits per heavy atom. The number of carbonyl (C=O) groups is 1. The number of ether oxygens (including phenoxy) is 1. The molecule has 1 unspecified atom stereocenters. The Morgan fingerprint density at radius 3 is 2.52 bits per heavy atom. The smallest absolute Gasteiger partial charge is 0.162 e. The molecule has 0 heterocycles. The molecule has 3 N–H and O–H groups in total. The number of benzene rings is 2. The van der Waals surface area contributed by atoms with Crippen LogP contribution in [0.4, 0.5) is 0 Å². The average Bonchev–Trinajstić information content (AvgIpc) is 2.65. The standard InChI is InChI=1S/C23H31NO3/c1-17-6-4-7-20(18(17)2)8-5-9-22(26)21-12-10-19(11-13-21)14-27-16-23(3,24)15-25/h4,6-7,10-13,25H,5,8-9,14-16,24H2,1-3H3. The number of nitrogens with two attached hydrogens (primary N) is 1. The van der Waals surface area contributed by atoms with Gasteiger partial charge in [0.25, 0.3) is 0 Å². The number of hydrogen-bond donors (Lipinski definition) is 2. The number of aryl methyl sites for hydroxylation is 2. The van der Waals surface area contributed by atoms with Crippen LogP contribution in [0.5, 0.6) is 0 Å². The molecule has 0 aliphatic heterocycles. The van der Waals surface area contributed by atoms with Crippen molar-refractivity contribution in [2.75, 3.05) is 13.2 Å². The summed E-state index contributed by atoms with van der Waals surface area (Å²) < 4.78 is 5.54. The minimum Gasteiger partial charge on any atom is -0.394 e. The number of carbonyl (C=O) groups excluding carboxylic acids is 1. The molecular weight excluding hydrogens is 338 g/mol. The van der Waals surface area contributed by atoms with Crippen molar-refractivity contribution in [3.8, 4) is 0 Å². The molecule has 0 fully saturated rings. The fourth-order valence-electron chi connectivity index (χ4n) is 2.90. The van der Waals surface area contributed by atoms with Crippen LogP contribution in [0.25, 0.3) is 0 Å². The summed E-state index contributed by atoms with van der Waals surface area (Å²) in [4.78, 5) is 12.4. The number of Topliss-reactive ketones (excluding diaryl/α,β-unsaturated/α-hetero) is 1. The first-order chi connectivity index (χ1) is 12.8. The van der Waals surface area contributed by atoms with Crippen molar-refractivity contribution in [2.45, 2.75) is 52.2 Å². The molecule has 0 aliphatic rings. The normalized spacial score (nSPS) is 13.4. The minimum absolute atomic E-state index is 0.123. The summed E-state index contributed by atoms with van der Waals surface area (Å²) in [6.07, 6.45) is 2.32. The molecule has 2 aromatic carbocycles. The van der Waals surface area contributed by atoms with E-state index in [1.165, 1.54) is 16.7 Å². The number of ketones is 1. The molecule has 4 nitrogen and oxygen atoms in total. The summed E-state index contributed by atoms with van der Waals surface area (Å²) in [6.45, 7) is 6.57. The lowest BCUT2D eigenvalue weighted by Crippen LogP contribution is -2.44. The maximum atomic E-state index is 12.4. The number of hydrogen-bond acceptors (Lipinski definition) is 4. The lowest BCUT2D eigenvalue weighted by molar-refractivity contribution is 0.0535. The van der Waals surface area contributed by atoms with E-state index in [0.29, 0.717) is 13.0 Å². The zero-order chi connectivity index (χ0) is 19.9. The number of aliphatic hydroxyl groups excluding tert-OH is 1. The molecule has 27 heavy (non-hydrogen) atoms. The molecule has 0 spiro atoms. The molecule has 0 amide bonds. The van der Waals surface area contributed by atoms with Crippen LogP contribution in [0.15, 0.2) is 42.5 Å². The summed E-state index contributed by atoms with van der Waals surface area (Å²) in [6, 6.07) is 13.9. The van der Waals surface area contributed by atoms with Crippen molar-refractivity contribution in [1.29, 1.82) is 0 Å². The van der Waals surface area contributed by atoms with Crippen LogP contribution >= 0.6 is 0 Å². The van der Waals surface area contributed by atoms with Crippen LogP contribution in [0.3, 0.4) is 0 Å². The third kappa shape index (κ3) is 6.58. The van der Waals surface area contributed by atoms with Crippen LogP contribution in [0, 0.1) is 13.8 Å². The monoisotopic (exact) mass is 369 g/mol. The fourth-order valence-corrected chi connectivity index (χ4v) is 2.90. The molecule has 0 saturated carbocycles. The Morgan fingerprint density at radius 2 is 1.85 bits per heavy atom. The van der Waals surface area contributed by atoms with Crippen LogP contribution in [-0.2, 0) is 17.8 Å². The van der Waals surface area contributed by atoms with E-state index < -0.39 is 5.54 Å². The van der Waals surface area contributed by atoms with Crippen molar-refractivity contribution in [3.63, 3.8) is 0 Å². The highest BCUT2D eigenvalue weighted by Crippen LogP contribution is 2.16. The second-order valence-electron chi connectivity index (χ2n) is 7.64. The van der Waals surface area contributed by atoms with Gasteiger partial charge < -0.3 is 15.6 Å². The predicted octanol–water partition coefficient (Wildman–Crippen LogP) is 3.74. The van der Waals surface area contributed by atoms with Crippen molar-refractivity contribution in [2.24, 2.45) is 5.73 Å². The van der Waals surface area contributed by atoms with Gasteiger partial charge in [-0.2, -0.15) is 0 Å². The Kier molecular flexibility index (Phi) is 7.72. The van der Waals surface area contributed by atoms with E-state index in [0.717, 1.165) is 24.0 Å². The van der Waals surface area contributed by atoms with Gasteiger partial charge in [-0.15, -0.1) is 0 Å². The predicted molar refractivity (Wildman–Crippen MR) is 109 cm³/mol. The largest absolute Gasteiger partial charge is 0.394 e. The lowest BCUT2D eigenvalue weighted by atomic mass is 9.97. The van der Waals surface area contributed by atoms with E-state index in [4.69, 9.17) is 15.6 Å². The van der Waals surface area contributed by atoms with Gasteiger partial charge in [0.05, 0.1) is 25.4 Å². The summed E-state index contributed by atoms with van der Waals surface area (Å²) in [5.41, 5.74) is 10.8. The Labute approximate surface area is 162 Å². The van der Waals surface area contributed by atoms with Gasteiger partial charge in [0.15, 0.2) is 5.78 Å². The molecule has 0 bridgehead atoms. The molecule has 0 aliphatic carbocycles. The van der Waals surface area contributed by atoms with Crippen LogP contribution in [-0.4, -0.2) is 29.6 Å². The van der Waals surface area contributed by atoms with Crippen LogP contribution in [0.2, 0.25) is 0 Å². The highest BCUT2D eigenvalue weighted by atomic mass is 16.5. The van der Waals surface area contributed by atoms with E-state index in [2.05, 4.69) is 32.0 Å². The first-order valence-corrected chi connectivity index (χ1v) is 9.47. The molecule has 4 heteroatoms. The zero-order valence-corrected chi connectivity index (χ0v) is 16.6. The molecular formula is C23H31NO3. The molecule has 2 aromatic rings. The summed E-state index contributed by atoms with van der Waals surface area (Å²) in [7, 11) is 0. The lowest BCUT2D eigenvalue weighted by Gasteiger charge is -2.21. The van der Waals surface area contributed by atoms with Gasteiger partial charge in [0.2, 0.25) is 0 Å². The molecule has 146 valence electrons. The third-order valence-electron chi connectivity index (χ3n) is 4.90. The van der Waals surface area contributed by atoms with Gasteiger partial charge in [0, 0.05) is 12.0 Å². The molecule has 0 aromatic heterocycles. The summed E-state index contributed by atoms with van der Waals surface area (Å²) in [5.74, 6) is 0.169. The minimum atomic E-state index is -0.731. The van der Waals surface area contributed by atoms with Gasteiger partial charge in [0.1, 0.15) is 0 Å². The van der Waals surface area contributed by atoms with E-state index in [9.17, 15) is 4.79 Å². The maximum Gasteiger partial charge on any atom is 0.162 e. The molecule has 1 atom stereocenters. The summed E-state index contributed by atoms with van der Waals surface area (Å²) in [5, 5.41) is 9.12. The number of rotatable bonds is 10. The van der Waals surface area contributed by atoms with Gasteiger partial charge >= 0.3 is 0 Å². The number of aliphatic hydroxyl groups is 1. The van der Waals surface area contributed by atoms with Gasteiger partial charge in [-0.1, -0.05) is 42.5 Å². The fraction of sp³-hybridized carbons (Fsp3) is 0.435. The maximum absolute atomic E-state index is 12.4. The second kappa shape index (κ2) is 9.79. The Bertz CT molecular complexity index is 751. The first-order valence-electron chi connectivity index (χ1n) is 9.47. The van der Waals surface area contributed by atoms with Crippen LogP contribution in [0.1, 0.15) is 52.4 Å². The van der Waals surface area contributed by atoms with E-state index in [1.807, 2.05) is 24.3 Å². The van der Waals surface area contributed by atoms with Crippen LogP contribution < -0.4 is 5.73 Å². The average molecular weight is 370 g/mol. The highest BCUT2D eigenvalue weighted by molar-refractivity contribution is 5.96. The van der Waals surface area contributed by atoms with Crippen molar-refractivity contribution in [3.05, 3.63) is 70.3 Å². The quantitative estimate of drug-likeness (QED) is 0.626. The molecule has 2 rings (SSSR count). The first kappa shape index (κ1) is 21.3. The Hall–Kier alpha value is -2.01. The van der Waals surface area contributed by atoms with Gasteiger partial charge in [-0.3, -0.25) is 4.79 Å². The van der Waals surface area contributed by atoms with Crippen molar-refractivity contribution in [1.82, 2.24) is 0 Å². The summed E-state index contributed by atoms with van der Waals surface area (Å²) >= 11 is 0. The third-order valence-corrected chi connectivity index (χ3v) is 4.90. The highest BCUT2D eigenvalue weighted by Gasteiger charge is 2.17. The van der Waals surface area contributed by atoms with Crippen molar-refractivity contribution < 1.29 is 14.6 Å².